The highest BCUT2D eigenvalue weighted by Crippen LogP contribution is 2.41. The number of carbonyl (C=O) groups is 1. The second kappa shape index (κ2) is 15.4. The highest BCUT2D eigenvalue weighted by atomic mass is 19.4. The molecule has 3 unspecified atom stereocenters. The summed E-state index contributed by atoms with van der Waals surface area (Å²) < 4.78 is 41.6. The molecule has 3 aromatic carbocycles. The summed E-state index contributed by atoms with van der Waals surface area (Å²) in [6, 6.07) is 25.8. The number of rotatable bonds is 13. The monoisotopic (exact) mass is 621 g/mol. The van der Waals surface area contributed by atoms with Crippen LogP contribution in [0, 0.1) is 11.8 Å². The molecule has 1 saturated heterocycles. The number of hydrogen-bond donors (Lipinski definition) is 0. The maximum atomic E-state index is 13.6. The molecule has 4 rings (SSSR count). The smallest absolute Gasteiger partial charge is 0.406 e. The lowest BCUT2D eigenvalue weighted by Gasteiger charge is -2.44. The quantitative estimate of drug-likeness (QED) is 0.178. The fourth-order valence-corrected chi connectivity index (χ4v) is 6.95. The minimum absolute atomic E-state index is 0.0627. The molecular weight excluding hydrogens is 571 g/mol. The first-order valence-electron chi connectivity index (χ1n) is 16.5. The molecule has 1 aliphatic heterocycles. The summed E-state index contributed by atoms with van der Waals surface area (Å²) in [5.74, 6) is 0.911. The lowest BCUT2D eigenvalue weighted by molar-refractivity contribution is -0.274. The third-order valence-corrected chi connectivity index (χ3v) is 9.38. The Morgan fingerprint density at radius 2 is 1.51 bits per heavy atom. The second-order valence-corrected chi connectivity index (χ2v) is 14.1. The van der Waals surface area contributed by atoms with Crippen LogP contribution < -0.4 is 4.74 Å². The van der Waals surface area contributed by atoms with Gasteiger partial charge >= 0.3 is 6.36 Å². The molecule has 0 saturated carbocycles. The van der Waals surface area contributed by atoms with Crippen LogP contribution in [-0.2, 0) is 23.1 Å². The fraction of sp³-hybridized carbons (Fsp3) is 0.513. The molecule has 0 N–H and O–H groups in total. The largest absolute Gasteiger partial charge is 0.573 e. The molecule has 45 heavy (non-hydrogen) atoms. The summed E-state index contributed by atoms with van der Waals surface area (Å²) in [5, 5.41) is 0. The summed E-state index contributed by atoms with van der Waals surface area (Å²) in [6.07, 6.45) is 3.60. The van der Waals surface area contributed by atoms with E-state index in [4.69, 9.17) is 0 Å². The molecule has 0 aliphatic carbocycles. The molecule has 4 atom stereocenters. The highest BCUT2D eigenvalue weighted by Gasteiger charge is 2.40. The number of nitrogens with zero attached hydrogens (tertiary/aromatic N) is 1. The summed E-state index contributed by atoms with van der Waals surface area (Å²) in [7, 11) is 2.12. The van der Waals surface area contributed by atoms with Gasteiger partial charge in [-0.15, -0.1) is 13.2 Å². The Morgan fingerprint density at radius 3 is 2.13 bits per heavy atom. The van der Waals surface area contributed by atoms with Crippen molar-refractivity contribution in [2.24, 2.45) is 11.8 Å². The van der Waals surface area contributed by atoms with Gasteiger partial charge in [-0.25, -0.2) is 0 Å². The Balaban J connectivity index is 1.39. The zero-order chi connectivity index (χ0) is 32.6. The van der Waals surface area contributed by atoms with Gasteiger partial charge in [-0.2, -0.15) is 0 Å². The Hall–Kier alpha value is -3.12. The minimum atomic E-state index is -4.69. The van der Waals surface area contributed by atoms with Gasteiger partial charge in [0, 0.05) is 12.5 Å². The van der Waals surface area contributed by atoms with E-state index in [0.717, 1.165) is 56.9 Å². The fourth-order valence-electron chi connectivity index (χ4n) is 6.95. The first-order valence-corrected chi connectivity index (χ1v) is 16.5. The van der Waals surface area contributed by atoms with Crippen molar-refractivity contribution in [1.82, 2.24) is 4.90 Å². The van der Waals surface area contributed by atoms with Gasteiger partial charge in [0.25, 0.3) is 0 Å². The third kappa shape index (κ3) is 10.5. The van der Waals surface area contributed by atoms with Gasteiger partial charge < -0.3 is 4.74 Å². The summed E-state index contributed by atoms with van der Waals surface area (Å²) in [5.41, 5.74) is 4.94. The topological polar surface area (TPSA) is 29.5 Å². The molecule has 0 amide bonds. The van der Waals surface area contributed by atoms with Gasteiger partial charge in [-0.3, -0.25) is 9.69 Å². The Morgan fingerprint density at radius 1 is 0.844 bits per heavy atom. The van der Waals surface area contributed by atoms with Crippen LogP contribution in [0.15, 0.2) is 78.9 Å². The van der Waals surface area contributed by atoms with E-state index in [-0.39, 0.29) is 29.2 Å². The summed E-state index contributed by atoms with van der Waals surface area (Å²) >= 11 is 0. The molecule has 244 valence electrons. The number of aryl methyl sites for hydroxylation is 1. The maximum absolute atomic E-state index is 13.6. The van der Waals surface area contributed by atoms with E-state index in [2.05, 4.69) is 99.0 Å². The number of Topliss-reactive ketones (excluding diaryl/α,β-unsaturated/α-hetero) is 1. The molecule has 1 heterocycles. The van der Waals surface area contributed by atoms with Crippen molar-refractivity contribution in [2.75, 3.05) is 7.05 Å². The first kappa shape index (κ1) is 34.7. The predicted octanol–water partition coefficient (Wildman–Crippen LogP) is 10.3. The average Bonchev–Trinajstić information content (AvgIpc) is 2.97. The number of alkyl halides is 3. The van der Waals surface area contributed by atoms with Crippen LogP contribution in [0.2, 0.25) is 0 Å². The SMILES string of the molecule is CC(CCCCC1C(=O)CC(CCCc2ccc(OC(F)(F)F)cc2)[C@H](c2ccc(C(C)(C)C)cc2)N1C)Cc1ccccc1. The number of likely N-dealkylation sites (N-methyl/N-ethyl adjacent to an activating group) is 1. The molecule has 0 spiro atoms. The standard InChI is InChI=1S/C39H50F3NO2/c1-28(26-30-13-7-6-8-14-30)12-9-10-17-35-36(44)27-32(16-11-15-29-18-24-34(25-19-29)45-39(40,41)42)37(43(35)5)31-20-22-33(23-21-31)38(2,3)4/h6-8,13-14,18-25,28,32,35,37H,9-12,15-17,26-27H2,1-5H3/t28?,32?,35?,37-/m0/s1. The maximum Gasteiger partial charge on any atom is 0.573 e. The van der Waals surface area contributed by atoms with E-state index in [1.807, 2.05) is 0 Å². The van der Waals surface area contributed by atoms with E-state index in [9.17, 15) is 18.0 Å². The Labute approximate surface area is 268 Å². The van der Waals surface area contributed by atoms with E-state index in [1.165, 1.54) is 28.8 Å². The molecule has 1 aliphatic rings. The van der Waals surface area contributed by atoms with Gasteiger partial charge in [0.05, 0.1) is 6.04 Å². The summed E-state index contributed by atoms with van der Waals surface area (Å²) in [6.45, 7) is 8.97. The second-order valence-electron chi connectivity index (χ2n) is 14.1. The van der Waals surface area contributed by atoms with Crippen molar-refractivity contribution < 1.29 is 22.7 Å². The van der Waals surface area contributed by atoms with E-state index in [1.54, 1.807) is 12.1 Å². The van der Waals surface area contributed by atoms with Gasteiger partial charge in [0.15, 0.2) is 0 Å². The molecule has 0 aromatic heterocycles. The predicted molar refractivity (Wildman–Crippen MR) is 176 cm³/mol. The van der Waals surface area contributed by atoms with Crippen molar-refractivity contribution in [3.8, 4) is 5.75 Å². The number of piperidine rings is 1. The number of hydrogen-bond acceptors (Lipinski definition) is 3. The van der Waals surface area contributed by atoms with E-state index in [0.29, 0.717) is 18.1 Å². The molecule has 6 heteroatoms. The normalized spacial score (nSPS) is 20.3. The number of carbonyl (C=O) groups excluding carboxylic acids is 1. The number of likely N-dealkylation sites (tertiary alicyclic amines) is 1. The third-order valence-electron chi connectivity index (χ3n) is 9.38. The van der Waals surface area contributed by atoms with Crippen LogP contribution in [0.3, 0.4) is 0 Å². The summed E-state index contributed by atoms with van der Waals surface area (Å²) in [4.78, 5) is 15.9. The van der Waals surface area contributed by atoms with E-state index < -0.39 is 6.36 Å². The van der Waals surface area contributed by atoms with Crippen LogP contribution in [0.4, 0.5) is 13.2 Å². The van der Waals surface area contributed by atoms with Crippen LogP contribution in [0.1, 0.15) is 101 Å². The molecule has 0 radical (unpaired) electrons. The zero-order valence-electron chi connectivity index (χ0n) is 27.6. The molecule has 0 bridgehead atoms. The zero-order valence-corrected chi connectivity index (χ0v) is 27.6. The number of ketones is 1. The molecule has 3 nitrogen and oxygen atoms in total. The number of halogens is 3. The molecule has 1 fully saturated rings. The van der Waals surface area contributed by atoms with Crippen molar-refractivity contribution >= 4 is 5.78 Å². The first-order chi connectivity index (χ1) is 21.3. The van der Waals surface area contributed by atoms with Crippen molar-refractivity contribution in [3.63, 3.8) is 0 Å². The van der Waals surface area contributed by atoms with Gasteiger partial charge in [0.1, 0.15) is 11.5 Å². The molecular formula is C39H50F3NO2. The van der Waals surface area contributed by atoms with Gasteiger partial charge in [-0.05, 0) is 90.8 Å². The minimum Gasteiger partial charge on any atom is -0.406 e. The Bertz CT molecular complexity index is 1330. The average molecular weight is 622 g/mol. The van der Waals surface area contributed by atoms with Crippen molar-refractivity contribution in [2.45, 2.75) is 109 Å². The van der Waals surface area contributed by atoms with E-state index >= 15 is 0 Å². The lowest BCUT2D eigenvalue weighted by atomic mass is 9.77. The number of benzene rings is 3. The Kier molecular flexibility index (Phi) is 11.9. The highest BCUT2D eigenvalue weighted by molar-refractivity contribution is 5.85. The van der Waals surface area contributed by atoms with Crippen LogP contribution in [-0.4, -0.2) is 30.1 Å². The van der Waals surface area contributed by atoms with Gasteiger partial charge in [-0.1, -0.05) is 114 Å². The lowest BCUT2D eigenvalue weighted by Crippen LogP contribution is -2.49. The van der Waals surface area contributed by atoms with Crippen molar-refractivity contribution in [1.29, 1.82) is 0 Å². The van der Waals surface area contributed by atoms with Gasteiger partial charge in [0.2, 0.25) is 0 Å². The van der Waals surface area contributed by atoms with Crippen LogP contribution >= 0.6 is 0 Å². The van der Waals surface area contributed by atoms with Crippen molar-refractivity contribution in [3.05, 3.63) is 101 Å². The van der Waals surface area contributed by atoms with Crippen LogP contribution in [0.5, 0.6) is 5.75 Å². The molecule has 3 aromatic rings. The van der Waals surface area contributed by atoms with Crippen LogP contribution in [0.25, 0.3) is 0 Å². The number of ether oxygens (including phenoxy) is 1. The number of unbranched alkanes of at least 4 members (excludes halogenated alkanes) is 1.